The zero-order valence-electron chi connectivity index (χ0n) is 41.7. The predicted octanol–water partition coefficient (Wildman–Crippen LogP) is 11.6. The van der Waals surface area contributed by atoms with Crippen LogP contribution in [0.25, 0.3) is 17.0 Å². The Morgan fingerprint density at radius 2 is 1.48 bits per heavy atom. The molecule has 0 saturated carbocycles. The van der Waals surface area contributed by atoms with Crippen molar-refractivity contribution < 1.29 is 23.9 Å². The number of rotatable bonds is 20. The van der Waals surface area contributed by atoms with Crippen LogP contribution >= 0.6 is 0 Å². The molecule has 0 N–H and O–H groups in total. The average molecular weight is 897 g/mol. The van der Waals surface area contributed by atoms with Gasteiger partial charge in [0.1, 0.15) is 12.5 Å². The van der Waals surface area contributed by atoms with Gasteiger partial charge in [0, 0.05) is 12.0 Å². The van der Waals surface area contributed by atoms with Crippen LogP contribution in [-0.4, -0.2) is 54.5 Å². The van der Waals surface area contributed by atoms with Gasteiger partial charge in [-0.05, 0) is 102 Å². The summed E-state index contributed by atoms with van der Waals surface area (Å²) in [5, 5.41) is 5.27. The molecule has 9 nitrogen and oxygen atoms in total. The third kappa shape index (κ3) is 11.9. The van der Waals surface area contributed by atoms with Crippen molar-refractivity contribution in [2.45, 2.75) is 166 Å². The van der Waals surface area contributed by atoms with Gasteiger partial charge in [-0.25, -0.2) is 0 Å². The number of ether oxygens (including phenoxy) is 2. The van der Waals surface area contributed by atoms with Crippen LogP contribution in [0.3, 0.4) is 0 Å². The first kappa shape index (κ1) is 52.2. The number of allylic oxidation sites excluding steroid dienone is 3. The molecule has 0 unspecified atom stereocenters. The van der Waals surface area contributed by atoms with Gasteiger partial charge in [-0.1, -0.05) is 132 Å². The number of methoxy groups -OCH3 is 1. The first-order valence-electron chi connectivity index (χ1n) is 24.4. The van der Waals surface area contributed by atoms with E-state index in [0.29, 0.717) is 48.2 Å². The number of fused-ring (bicyclic) bond motifs is 7. The van der Waals surface area contributed by atoms with E-state index >= 15 is 0 Å². The topological polar surface area (TPSA) is 126 Å². The Bertz CT molecular complexity index is 2260. The standard InChI is InChI=1S/C55H76N4O5.Mg/c1-13-39-35(8)42-28-44-37(10)41(24-25-48(60)64-27-26-34(7)23-17-22-33(6)21-16-20-32(5)19-15-18-31(3)4)52(58-44)50-51(55(62)63-12)54(61)49-38(11)45(59-53(49)50)30-47-40(14-2)36(9)43(57-47)29-46(39)56-42;/h26,28,31-33,37,41,51H,1,13-25,27,29-30H2,2-12H3,(H-,58,59,61);/q-4;+2/p-1/b34-26-,44-28-;/t32-,33-,37+,41+,51-;/m1./s1. The number of carbonyl (C=O) groups is 3. The third-order valence-electron chi connectivity index (χ3n) is 14.7. The first-order chi connectivity index (χ1) is 30.6. The van der Waals surface area contributed by atoms with Crippen LogP contribution in [0.5, 0.6) is 0 Å². The van der Waals surface area contributed by atoms with Gasteiger partial charge in [0.15, 0.2) is 5.78 Å². The number of aromatic nitrogens is 3. The van der Waals surface area contributed by atoms with Crippen molar-refractivity contribution in [3.8, 4) is 0 Å². The largest absolute Gasteiger partial charge is 2.00 e. The molecule has 0 amide bonds. The Hall–Kier alpha value is -3.76. The van der Waals surface area contributed by atoms with Gasteiger partial charge in [-0.15, -0.1) is 11.4 Å². The van der Waals surface area contributed by atoms with E-state index in [1.54, 1.807) is 0 Å². The molecule has 0 aromatic carbocycles. The first-order valence-corrected chi connectivity index (χ1v) is 24.4. The normalized spacial score (nSPS) is 20.9. The summed E-state index contributed by atoms with van der Waals surface area (Å²) in [4.78, 5) is 56.9. The summed E-state index contributed by atoms with van der Waals surface area (Å²) < 4.78 is 11.1. The summed E-state index contributed by atoms with van der Waals surface area (Å²) in [6, 6.07) is 0. The minimum atomic E-state index is -1.20. The minimum absolute atomic E-state index is 0. The van der Waals surface area contributed by atoms with Crippen LogP contribution in [-0.2, 0) is 44.7 Å². The van der Waals surface area contributed by atoms with Gasteiger partial charge in [-0.3, -0.25) is 14.4 Å². The minimum Gasteiger partial charge on any atom is -0.664 e. The molecule has 3 aliphatic rings. The summed E-state index contributed by atoms with van der Waals surface area (Å²) in [6.45, 7) is 26.4. The molecule has 3 aromatic rings. The number of Topliss-reactive ketones (excluding diaryl/α,β-unsaturated/α-hetero) is 1. The number of nitrogens with zero attached hydrogens (tertiary/aromatic N) is 4. The van der Waals surface area contributed by atoms with Crippen LogP contribution in [0.15, 0.2) is 23.0 Å². The second kappa shape index (κ2) is 23.3. The third-order valence-corrected chi connectivity index (χ3v) is 14.7. The zero-order chi connectivity index (χ0) is 46.4. The summed E-state index contributed by atoms with van der Waals surface area (Å²) in [6.07, 6.45) is 18.4. The molecule has 1 fully saturated rings. The van der Waals surface area contributed by atoms with E-state index < -0.39 is 11.9 Å². The summed E-state index contributed by atoms with van der Waals surface area (Å²) in [7, 11) is 1.31. The maximum atomic E-state index is 14.4. The molecule has 3 aromatic heterocycles. The zero-order valence-corrected chi connectivity index (χ0v) is 43.1. The van der Waals surface area contributed by atoms with Gasteiger partial charge in [0.05, 0.1) is 7.11 Å². The maximum absolute atomic E-state index is 14.4. The molecule has 2 aliphatic heterocycles. The smallest absolute Gasteiger partial charge is 0.664 e. The van der Waals surface area contributed by atoms with E-state index in [9.17, 15) is 14.4 Å². The van der Waals surface area contributed by atoms with Crippen LogP contribution in [0, 0.1) is 63.2 Å². The number of hydrogen-bond donors (Lipinski definition) is 0. The number of ketones is 1. The monoisotopic (exact) mass is 896 g/mol. The van der Waals surface area contributed by atoms with Crippen LogP contribution in [0.1, 0.15) is 191 Å². The molecule has 6 rings (SSSR count). The fraction of sp³-hybridized carbons (Fsp3) is 0.600. The maximum Gasteiger partial charge on any atom is 2.00 e. The Balaban J connectivity index is 0.00000793. The molecule has 350 valence electrons. The van der Waals surface area contributed by atoms with Gasteiger partial charge in [-0.2, -0.15) is 40.6 Å². The second-order valence-electron chi connectivity index (χ2n) is 19.8. The molecule has 0 radical (unpaired) electrons. The van der Waals surface area contributed by atoms with Gasteiger partial charge in [0.25, 0.3) is 0 Å². The van der Waals surface area contributed by atoms with E-state index in [-0.39, 0.29) is 59.7 Å². The van der Waals surface area contributed by atoms with Crippen molar-refractivity contribution in [2.24, 2.45) is 35.5 Å². The second-order valence-corrected chi connectivity index (χ2v) is 19.8. The Morgan fingerprint density at radius 1 is 0.846 bits per heavy atom. The van der Waals surface area contributed by atoms with Crippen molar-refractivity contribution >= 4 is 52.4 Å². The van der Waals surface area contributed by atoms with Crippen molar-refractivity contribution in [2.75, 3.05) is 13.7 Å². The molecule has 0 spiro atoms. The van der Waals surface area contributed by atoms with Crippen LogP contribution in [0.4, 0.5) is 0 Å². The van der Waals surface area contributed by atoms with E-state index in [1.165, 1.54) is 63.2 Å². The predicted molar refractivity (Wildman–Crippen MR) is 263 cm³/mol. The van der Waals surface area contributed by atoms with Crippen molar-refractivity contribution in [3.63, 3.8) is 0 Å². The molecule has 10 heteroatoms. The molecule has 5 atom stereocenters. The van der Waals surface area contributed by atoms with Gasteiger partial charge in [0.2, 0.25) is 0 Å². The van der Waals surface area contributed by atoms with E-state index in [0.717, 1.165) is 93.4 Å². The SMILES string of the molecule is [CH2-]Cc1c2[n-]c(c1C)/C=C1\[N-]/C(=C3\c4[n-]c(c(C)c4C(=O)[C@@H]3C(=O)OC)Cc3[n-]c(c(C)c3CC)C2)[C@@H](CCC(=O)OC/C=C(/C)CCC[C@H](C)CCC[C@H](C)CCCC(C)C)[C@@H]1C.[Mg+2]. The quantitative estimate of drug-likeness (QED) is 0.0361. The number of esters is 2. The van der Waals surface area contributed by atoms with Gasteiger partial charge >= 0.3 is 35.0 Å². The fourth-order valence-corrected chi connectivity index (χ4v) is 10.5. The van der Waals surface area contributed by atoms with Gasteiger partial charge < -0.3 is 36.7 Å². The van der Waals surface area contributed by atoms with E-state index in [1.807, 2.05) is 19.1 Å². The molecular weight excluding hydrogens is 821 g/mol. The number of hydrogen-bond acceptors (Lipinski definition) is 5. The Morgan fingerprint density at radius 3 is 2.11 bits per heavy atom. The fourth-order valence-electron chi connectivity index (χ4n) is 10.5. The van der Waals surface area contributed by atoms with E-state index in [2.05, 4.69) is 69.2 Å². The van der Waals surface area contributed by atoms with Crippen molar-refractivity contribution in [3.05, 3.63) is 103 Å². The molecule has 5 heterocycles. The Labute approximate surface area is 406 Å². The van der Waals surface area contributed by atoms with Crippen LogP contribution < -0.4 is 15.0 Å². The molecule has 1 saturated heterocycles. The van der Waals surface area contributed by atoms with Crippen molar-refractivity contribution in [1.29, 1.82) is 0 Å². The molecule has 1 aliphatic carbocycles. The molecule has 65 heavy (non-hydrogen) atoms. The summed E-state index contributed by atoms with van der Waals surface area (Å²) in [5.74, 6) is -0.562. The van der Waals surface area contributed by atoms with Crippen LogP contribution in [0.2, 0.25) is 0 Å². The summed E-state index contributed by atoms with van der Waals surface area (Å²) >= 11 is 0. The molecule has 8 bridgehead atoms. The Kier molecular flexibility index (Phi) is 18.7. The molecular formula is C55H75MgN4O5-3. The van der Waals surface area contributed by atoms with E-state index in [4.69, 9.17) is 29.7 Å². The summed E-state index contributed by atoms with van der Waals surface area (Å²) in [5.41, 5.74) is 13.8. The number of carbonyl (C=O) groups excluding carboxylic acids is 3. The average Bonchev–Trinajstić information content (AvgIpc) is 3.99. The van der Waals surface area contributed by atoms with Crippen molar-refractivity contribution in [1.82, 2.24) is 15.0 Å².